The van der Waals surface area contributed by atoms with Gasteiger partial charge < -0.3 is 0 Å². The summed E-state index contributed by atoms with van der Waals surface area (Å²) < 4.78 is 37.8. The lowest BCUT2D eigenvalue weighted by atomic mass is 10.1. The minimum Gasteiger partial charge on any atom is -0.268 e. The van der Waals surface area contributed by atoms with Crippen molar-refractivity contribution in [2.24, 2.45) is 0 Å². The van der Waals surface area contributed by atoms with E-state index in [0.29, 0.717) is 10.9 Å². The molecule has 2 aromatic heterocycles. The number of fused-ring (bicyclic) bond motifs is 1. The number of rotatable bonds is 3. The van der Waals surface area contributed by atoms with E-state index in [9.17, 15) is 12.8 Å². The van der Waals surface area contributed by atoms with Crippen LogP contribution in [0.3, 0.4) is 0 Å². The molecule has 3 aromatic rings. The molecule has 0 saturated carbocycles. The van der Waals surface area contributed by atoms with Crippen molar-refractivity contribution >= 4 is 26.7 Å². The SMILES string of the molecule is CS(=O)(=O)Nc1ccc(-c2cnc3ccc(F)cc3c2)cn1. The third-order valence-corrected chi connectivity index (χ3v) is 3.61. The smallest absolute Gasteiger partial charge is 0.230 e. The van der Waals surface area contributed by atoms with Gasteiger partial charge in [-0.2, -0.15) is 0 Å². The van der Waals surface area contributed by atoms with E-state index in [1.54, 1.807) is 24.4 Å². The highest BCUT2D eigenvalue weighted by Crippen LogP contribution is 2.23. The Bertz CT molecular complexity index is 941. The molecule has 1 N–H and O–H groups in total. The van der Waals surface area contributed by atoms with Gasteiger partial charge in [-0.25, -0.2) is 17.8 Å². The Balaban J connectivity index is 1.97. The third kappa shape index (κ3) is 3.20. The lowest BCUT2D eigenvalue weighted by molar-refractivity contribution is 0.606. The molecule has 3 rings (SSSR count). The zero-order valence-corrected chi connectivity index (χ0v) is 12.4. The van der Waals surface area contributed by atoms with Crippen molar-refractivity contribution in [3.8, 4) is 11.1 Å². The first-order valence-corrected chi connectivity index (χ1v) is 8.29. The van der Waals surface area contributed by atoms with E-state index in [0.717, 1.165) is 17.4 Å². The average molecular weight is 317 g/mol. The van der Waals surface area contributed by atoms with Crippen molar-refractivity contribution in [3.63, 3.8) is 0 Å². The first-order valence-electron chi connectivity index (χ1n) is 6.40. The van der Waals surface area contributed by atoms with Gasteiger partial charge in [0.15, 0.2) is 0 Å². The summed E-state index contributed by atoms with van der Waals surface area (Å²) in [6.07, 6.45) is 4.26. The standard InChI is InChI=1S/C15H12FN3O2S/c1-22(20,21)19-15-5-2-10(8-18-15)12-6-11-7-13(16)3-4-14(11)17-9-12/h2-9H,1H3,(H,18,19). The minimum absolute atomic E-state index is 0.242. The Hall–Kier alpha value is -2.54. The van der Waals surface area contributed by atoms with Crippen molar-refractivity contribution in [1.82, 2.24) is 9.97 Å². The molecule has 0 fully saturated rings. The zero-order chi connectivity index (χ0) is 15.7. The number of halogens is 1. The lowest BCUT2D eigenvalue weighted by Gasteiger charge is -2.06. The second-order valence-corrected chi connectivity index (χ2v) is 6.62. The molecule has 5 nitrogen and oxygen atoms in total. The predicted molar refractivity (Wildman–Crippen MR) is 83.4 cm³/mol. The molecule has 0 radical (unpaired) electrons. The number of nitrogens with one attached hydrogen (secondary N) is 1. The van der Waals surface area contributed by atoms with Crippen molar-refractivity contribution in [3.05, 3.63) is 54.6 Å². The number of anilines is 1. The van der Waals surface area contributed by atoms with Gasteiger partial charge in [0.1, 0.15) is 11.6 Å². The molecule has 0 aliphatic carbocycles. The van der Waals surface area contributed by atoms with Gasteiger partial charge in [0.05, 0.1) is 11.8 Å². The van der Waals surface area contributed by atoms with Crippen molar-refractivity contribution < 1.29 is 12.8 Å². The molecule has 0 unspecified atom stereocenters. The van der Waals surface area contributed by atoms with Crippen LogP contribution >= 0.6 is 0 Å². The van der Waals surface area contributed by atoms with E-state index in [-0.39, 0.29) is 11.6 Å². The molecule has 0 aliphatic heterocycles. The summed E-state index contributed by atoms with van der Waals surface area (Å²) in [5, 5.41) is 0.691. The molecule has 0 spiro atoms. The van der Waals surface area contributed by atoms with Crippen molar-refractivity contribution in [1.29, 1.82) is 0 Å². The highest BCUT2D eigenvalue weighted by atomic mass is 32.2. The van der Waals surface area contributed by atoms with Crippen LogP contribution in [0.2, 0.25) is 0 Å². The van der Waals surface area contributed by atoms with Crippen LogP contribution in [0.4, 0.5) is 10.2 Å². The van der Waals surface area contributed by atoms with Gasteiger partial charge in [-0.15, -0.1) is 0 Å². The largest absolute Gasteiger partial charge is 0.268 e. The zero-order valence-electron chi connectivity index (χ0n) is 11.6. The number of benzene rings is 1. The van der Waals surface area contributed by atoms with E-state index in [4.69, 9.17) is 0 Å². The Morgan fingerprint density at radius 2 is 1.77 bits per heavy atom. The van der Waals surface area contributed by atoms with Gasteiger partial charge in [-0.1, -0.05) is 0 Å². The molecule has 112 valence electrons. The fraction of sp³-hybridized carbons (Fsp3) is 0.0667. The number of hydrogen-bond donors (Lipinski definition) is 1. The van der Waals surface area contributed by atoms with Gasteiger partial charge >= 0.3 is 0 Å². The number of nitrogens with zero attached hydrogens (tertiary/aromatic N) is 2. The molecule has 2 heterocycles. The normalized spacial score (nSPS) is 11.5. The molecule has 0 atom stereocenters. The summed E-state index contributed by atoms with van der Waals surface area (Å²) in [4.78, 5) is 8.32. The summed E-state index contributed by atoms with van der Waals surface area (Å²) in [6, 6.07) is 9.49. The summed E-state index contributed by atoms with van der Waals surface area (Å²) >= 11 is 0. The second kappa shape index (κ2) is 5.34. The third-order valence-electron chi connectivity index (χ3n) is 3.03. The number of aromatic nitrogens is 2. The van der Waals surface area contributed by atoms with Gasteiger partial charge in [-0.05, 0) is 36.4 Å². The Labute approximate surface area is 126 Å². The topological polar surface area (TPSA) is 72.0 Å². The Kier molecular flexibility index (Phi) is 3.50. The predicted octanol–water partition coefficient (Wildman–Crippen LogP) is 2.81. The van der Waals surface area contributed by atoms with Gasteiger partial charge in [0.25, 0.3) is 0 Å². The highest BCUT2D eigenvalue weighted by Gasteiger charge is 2.05. The van der Waals surface area contributed by atoms with Crippen LogP contribution in [0.15, 0.2) is 48.8 Å². The molecule has 22 heavy (non-hydrogen) atoms. The quantitative estimate of drug-likeness (QED) is 0.806. The maximum absolute atomic E-state index is 13.3. The molecule has 0 amide bonds. The van der Waals surface area contributed by atoms with Gasteiger partial charge in [0, 0.05) is 28.9 Å². The van der Waals surface area contributed by atoms with E-state index < -0.39 is 10.0 Å². The number of pyridine rings is 2. The van der Waals surface area contributed by atoms with Crippen LogP contribution in [0.5, 0.6) is 0 Å². The van der Waals surface area contributed by atoms with Crippen LogP contribution in [0, 0.1) is 5.82 Å². The fourth-order valence-corrected chi connectivity index (χ4v) is 2.58. The molecular weight excluding hydrogens is 305 g/mol. The lowest BCUT2D eigenvalue weighted by Crippen LogP contribution is -2.10. The van der Waals surface area contributed by atoms with E-state index >= 15 is 0 Å². The van der Waals surface area contributed by atoms with Crippen LogP contribution in [-0.2, 0) is 10.0 Å². The summed E-state index contributed by atoms with van der Waals surface area (Å²) in [5.74, 6) is -0.0803. The molecule has 0 aliphatic rings. The Morgan fingerprint density at radius 3 is 2.45 bits per heavy atom. The first-order chi connectivity index (χ1) is 10.4. The van der Waals surface area contributed by atoms with E-state index in [1.165, 1.54) is 18.3 Å². The summed E-state index contributed by atoms with van der Waals surface area (Å²) in [6.45, 7) is 0. The van der Waals surface area contributed by atoms with E-state index in [1.807, 2.05) is 6.07 Å². The summed E-state index contributed by atoms with van der Waals surface area (Å²) in [5.41, 5.74) is 2.24. The molecular formula is C15H12FN3O2S. The molecule has 0 saturated heterocycles. The van der Waals surface area contributed by atoms with E-state index in [2.05, 4.69) is 14.7 Å². The average Bonchev–Trinajstić information content (AvgIpc) is 2.45. The second-order valence-electron chi connectivity index (χ2n) is 4.87. The highest BCUT2D eigenvalue weighted by molar-refractivity contribution is 7.92. The number of hydrogen-bond acceptors (Lipinski definition) is 4. The van der Waals surface area contributed by atoms with Gasteiger partial charge in [0.2, 0.25) is 10.0 Å². The number of sulfonamides is 1. The molecule has 0 bridgehead atoms. The maximum atomic E-state index is 13.3. The minimum atomic E-state index is -3.35. The maximum Gasteiger partial charge on any atom is 0.230 e. The van der Waals surface area contributed by atoms with Crippen LogP contribution in [0.25, 0.3) is 22.0 Å². The van der Waals surface area contributed by atoms with Crippen LogP contribution < -0.4 is 4.72 Å². The fourth-order valence-electron chi connectivity index (χ4n) is 2.08. The van der Waals surface area contributed by atoms with Crippen molar-refractivity contribution in [2.75, 3.05) is 11.0 Å². The first kappa shape index (κ1) is 14.4. The summed E-state index contributed by atoms with van der Waals surface area (Å²) in [7, 11) is -3.35. The molecule has 7 heteroatoms. The Morgan fingerprint density at radius 1 is 1.00 bits per heavy atom. The monoisotopic (exact) mass is 317 g/mol. The van der Waals surface area contributed by atoms with Crippen molar-refractivity contribution in [2.45, 2.75) is 0 Å². The van der Waals surface area contributed by atoms with Crippen LogP contribution in [0.1, 0.15) is 0 Å². The van der Waals surface area contributed by atoms with Gasteiger partial charge in [-0.3, -0.25) is 9.71 Å². The molecule has 1 aromatic carbocycles. The van der Waals surface area contributed by atoms with Crippen LogP contribution in [-0.4, -0.2) is 24.6 Å².